The third-order valence-electron chi connectivity index (χ3n) is 2.59. The summed E-state index contributed by atoms with van der Waals surface area (Å²) < 4.78 is 0. The minimum absolute atomic E-state index is 0.909. The molecule has 2 rings (SSSR count). The zero-order valence-corrected chi connectivity index (χ0v) is 10.4. The summed E-state index contributed by atoms with van der Waals surface area (Å²) in [5.41, 5.74) is 0. The SMILES string of the molecule is CCN(C)CCNc1ncnc2sccc12. The van der Waals surface area contributed by atoms with E-state index < -0.39 is 0 Å². The monoisotopic (exact) mass is 236 g/mol. The zero-order chi connectivity index (χ0) is 11.4. The van der Waals surface area contributed by atoms with Crippen LogP contribution in [0.1, 0.15) is 6.92 Å². The van der Waals surface area contributed by atoms with Crippen molar-refractivity contribution in [3.8, 4) is 0 Å². The van der Waals surface area contributed by atoms with E-state index in [2.05, 4.69) is 40.2 Å². The van der Waals surface area contributed by atoms with E-state index in [1.165, 1.54) is 0 Å². The van der Waals surface area contributed by atoms with Gasteiger partial charge < -0.3 is 10.2 Å². The van der Waals surface area contributed by atoms with Crippen molar-refractivity contribution >= 4 is 27.4 Å². The van der Waals surface area contributed by atoms with Gasteiger partial charge in [0.1, 0.15) is 17.0 Å². The van der Waals surface area contributed by atoms with Gasteiger partial charge in [0.15, 0.2) is 0 Å². The maximum absolute atomic E-state index is 4.27. The molecule has 0 bridgehead atoms. The van der Waals surface area contributed by atoms with E-state index >= 15 is 0 Å². The van der Waals surface area contributed by atoms with Crippen LogP contribution in [-0.4, -0.2) is 41.5 Å². The Morgan fingerprint density at radius 3 is 3.12 bits per heavy atom. The summed E-state index contributed by atoms with van der Waals surface area (Å²) in [5, 5.41) is 6.51. The van der Waals surface area contributed by atoms with E-state index in [1.54, 1.807) is 17.7 Å². The Bertz CT molecular complexity index is 454. The van der Waals surface area contributed by atoms with Crippen LogP contribution >= 0.6 is 11.3 Å². The lowest BCUT2D eigenvalue weighted by Crippen LogP contribution is -2.24. The van der Waals surface area contributed by atoms with Crippen LogP contribution < -0.4 is 5.32 Å². The van der Waals surface area contributed by atoms with Gasteiger partial charge in [0, 0.05) is 13.1 Å². The van der Waals surface area contributed by atoms with Crippen LogP contribution in [0.15, 0.2) is 17.8 Å². The van der Waals surface area contributed by atoms with Crippen LogP contribution in [0.25, 0.3) is 10.2 Å². The molecule has 0 unspecified atom stereocenters. The Morgan fingerprint density at radius 1 is 1.44 bits per heavy atom. The fourth-order valence-corrected chi connectivity index (χ4v) is 2.19. The van der Waals surface area contributed by atoms with Crippen LogP contribution in [0, 0.1) is 0 Å². The summed E-state index contributed by atoms with van der Waals surface area (Å²) >= 11 is 1.64. The summed E-state index contributed by atoms with van der Waals surface area (Å²) in [6.07, 6.45) is 1.62. The third-order valence-corrected chi connectivity index (χ3v) is 3.41. The molecule has 86 valence electrons. The zero-order valence-electron chi connectivity index (χ0n) is 9.60. The Labute approximate surface area is 99.3 Å². The minimum atomic E-state index is 0.909. The van der Waals surface area contributed by atoms with Crippen molar-refractivity contribution in [3.05, 3.63) is 17.8 Å². The molecule has 0 saturated heterocycles. The Balaban J connectivity index is 2.01. The number of thiophene rings is 1. The first kappa shape index (κ1) is 11.3. The molecule has 0 spiro atoms. The van der Waals surface area contributed by atoms with Crippen LogP contribution in [0.2, 0.25) is 0 Å². The van der Waals surface area contributed by atoms with Crippen molar-refractivity contribution in [2.45, 2.75) is 6.92 Å². The van der Waals surface area contributed by atoms with Gasteiger partial charge in [-0.1, -0.05) is 6.92 Å². The summed E-state index contributed by atoms with van der Waals surface area (Å²) in [4.78, 5) is 11.8. The smallest absolute Gasteiger partial charge is 0.138 e. The molecule has 2 aromatic heterocycles. The topological polar surface area (TPSA) is 41.0 Å². The molecule has 0 amide bonds. The van der Waals surface area contributed by atoms with Crippen LogP contribution in [-0.2, 0) is 0 Å². The summed E-state index contributed by atoms with van der Waals surface area (Å²) in [7, 11) is 2.11. The quantitative estimate of drug-likeness (QED) is 0.862. The number of rotatable bonds is 5. The standard InChI is InChI=1S/C11H16N4S/c1-3-15(2)6-5-12-10-9-4-7-16-11(9)14-8-13-10/h4,7-8H,3,5-6H2,1-2H3,(H,12,13,14). The van der Waals surface area contributed by atoms with Crippen LogP contribution in [0.5, 0.6) is 0 Å². The fourth-order valence-electron chi connectivity index (χ4n) is 1.45. The van der Waals surface area contributed by atoms with Crippen LogP contribution in [0.3, 0.4) is 0 Å². The van der Waals surface area contributed by atoms with E-state index in [0.29, 0.717) is 0 Å². The van der Waals surface area contributed by atoms with E-state index in [4.69, 9.17) is 0 Å². The van der Waals surface area contributed by atoms with Crippen molar-refractivity contribution in [2.24, 2.45) is 0 Å². The molecule has 0 aliphatic heterocycles. The van der Waals surface area contributed by atoms with Gasteiger partial charge in [-0.25, -0.2) is 9.97 Å². The molecule has 1 N–H and O–H groups in total. The molecule has 2 aromatic rings. The largest absolute Gasteiger partial charge is 0.368 e. The molecule has 0 aromatic carbocycles. The fraction of sp³-hybridized carbons (Fsp3) is 0.455. The average molecular weight is 236 g/mol. The van der Waals surface area contributed by atoms with Crippen molar-refractivity contribution in [1.82, 2.24) is 14.9 Å². The van der Waals surface area contributed by atoms with Crippen molar-refractivity contribution in [3.63, 3.8) is 0 Å². The van der Waals surface area contributed by atoms with E-state index in [0.717, 1.165) is 35.7 Å². The highest BCUT2D eigenvalue weighted by Gasteiger charge is 2.03. The third kappa shape index (κ3) is 2.48. The van der Waals surface area contributed by atoms with Crippen LogP contribution in [0.4, 0.5) is 5.82 Å². The lowest BCUT2D eigenvalue weighted by atomic mass is 10.4. The Morgan fingerprint density at radius 2 is 2.31 bits per heavy atom. The van der Waals surface area contributed by atoms with Gasteiger partial charge in [-0.15, -0.1) is 11.3 Å². The van der Waals surface area contributed by atoms with Crippen molar-refractivity contribution < 1.29 is 0 Å². The van der Waals surface area contributed by atoms with E-state index in [9.17, 15) is 0 Å². The molecule has 0 atom stereocenters. The number of hydrogen-bond donors (Lipinski definition) is 1. The van der Waals surface area contributed by atoms with Crippen molar-refractivity contribution in [2.75, 3.05) is 32.0 Å². The lowest BCUT2D eigenvalue weighted by molar-refractivity contribution is 0.367. The maximum Gasteiger partial charge on any atom is 0.138 e. The van der Waals surface area contributed by atoms with Gasteiger partial charge in [-0.2, -0.15) is 0 Å². The van der Waals surface area contributed by atoms with Gasteiger partial charge >= 0.3 is 0 Å². The summed E-state index contributed by atoms with van der Waals surface area (Å²) in [6, 6.07) is 2.06. The molecule has 0 radical (unpaired) electrons. The molecule has 0 aliphatic rings. The predicted molar refractivity (Wildman–Crippen MR) is 69.1 cm³/mol. The molecular weight excluding hydrogens is 220 g/mol. The number of anilines is 1. The van der Waals surface area contributed by atoms with Gasteiger partial charge in [0.25, 0.3) is 0 Å². The lowest BCUT2D eigenvalue weighted by Gasteiger charge is -2.14. The number of likely N-dealkylation sites (N-methyl/N-ethyl adjacent to an activating group) is 1. The second-order valence-corrected chi connectivity index (χ2v) is 4.58. The van der Waals surface area contributed by atoms with Crippen molar-refractivity contribution in [1.29, 1.82) is 0 Å². The molecular formula is C11H16N4S. The first-order valence-corrected chi connectivity index (χ1v) is 6.30. The Hall–Kier alpha value is -1.20. The number of aromatic nitrogens is 2. The second kappa shape index (κ2) is 5.23. The normalized spacial score (nSPS) is 11.2. The highest BCUT2D eigenvalue weighted by molar-refractivity contribution is 7.16. The first-order chi connectivity index (χ1) is 7.81. The number of nitrogens with one attached hydrogen (secondary N) is 1. The Kier molecular flexibility index (Phi) is 3.69. The van der Waals surface area contributed by atoms with Gasteiger partial charge in [0.2, 0.25) is 0 Å². The molecule has 5 heteroatoms. The average Bonchev–Trinajstić information content (AvgIpc) is 2.77. The minimum Gasteiger partial charge on any atom is -0.368 e. The number of hydrogen-bond acceptors (Lipinski definition) is 5. The highest BCUT2D eigenvalue weighted by atomic mass is 32.1. The number of fused-ring (bicyclic) bond motifs is 1. The molecule has 0 aliphatic carbocycles. The van der Waals surface area contributed by atoms with Gasteiger partial charge in [-0.05, 0) is 25.0 Å². The molecule has 0 saturated carbocycles. The summed E-state index contributed by atoms with van der Waals surface area (Å²) in [5.74, 6) is 0.941. The highest BCUT2D eigenvalue weighted by Crippen LogP contribution is 2.23. The van der Waals surface area contributed by atoms with E-state index in [1.807, 2.05) is 5.38 Å². The second-order valence-electron chi connectivity index (χ2n) is 3.68. The van der Waals surface area contributed by atoms with Gasteiger partial charge in [0.05, 0.1) is 5.39 Å². The van der Waals surface area contributed by atoms with E-state index in [-0.39, 0.29) is 0 Å². The summed E-state index contributed by atoms with van der Waals surface area (Å²) in [6.45, 7) is 5.15. The molecule has 16 heavy (non-hydrogen) atoms. The molecule has 4 nitrogen and oxygen atoms in total. The maximum atomic E-state index is 4.27. The first-order valence-electron chi connectivity index (χ1n) is 5.42. The predicted octanol–water partition coefficient (Wildman–Crippen LogP) is 2.05. The molecule has 2 heterocycles. The molecule has 0 fully saturated rings. The van der Waals surface area contributed by atoms with Gasteiger partial charge in [-0.3, -0.25) is 0 Å². The number of nitrogens with zero attached hydrogens (tertiary/aromatic N) is 3.